The van der Waals surface area contributed by atoms with Crippen molar-refractivity contribution < 1.29 is 9.53 Å². The van der Waals surface area contributed by atoms with Gasteiger partial charge in [-0.2, -0.15) is 0 Å². The zero-order chi connectivity index (χ0) is 20.4. The molecule has 0 spiro atoms. The van der Waals surface area contributed by atoms with Crippen molar-refractivity contribution in [2.45, 2.75) is 38.8 Å². The zero-order valence-electron chi connectivity index (χ0n) is 18.0. The first-order valence-corrected chi connectivity index (χ1v) is 10.6. The van der Waals surface area contributed by atoms with Crippen LogP contribution in [0.3, 0.4) is 0 Å². The van der Waals surface area contributed by atoms with Crippen LogP contribution in [0.4, 0.5) is 4.79 Å². The van der Waals surface area contributed by atoms with Crippen molar-refractivity contribution in [2.75, 3.05) is 53.5 Å². The molecule has 2 unspecified atom stereocenters. The monoisotopic (exact) mass is 390 g/mol. The SMILES string of the molecule is CCC(CC)C(CNC(=O)NCC(c1ccccc1)N(C)C)N1CCOCC1. The average molecular weight is 391 g/mol. The number of amides is 2. The van der Waals surface area contributed by atoms with Crippen LogP contribution in [0.5, 0.6) is 0 Å². The Morgan fingerprint density at radius 3 is 2.25 bits per heavy atom. The number of morpholine rings is 1. The van der Waals surface area contributed by atoms with Gasteiger partial charge in [-0.05, 0) is 25.6 Å². The minimum Gasteiger partial charge on any atom is -0.379 e. The van der Waals surface area contributed by atoms with Gasteiger partial charge in [0.05, 0.1) is 19.3 Å². The average Bonchev–Trinajstić information content (AvgIpc) is 2.72. The summed E-state index contributed by atoms with van der Waals surface area (Å²) >= 11 is 0. The summed E-state index contributed by atoms with van der Waals surface area (Å²) in [5.41, 5.74) is 1.20. The quantitative estimate of drug-likeness (QED) is 0.645. The molecule has 2 rings (SSSR count). The third-order valence-corrected chi connectivity index (χ3v) is 5.84. The van der Waals surface area contributed by atoms with Crippen LogP contribution in [0.1, 0.15) is 38.3 Å². The van der Waals surface area contributed by atoms with E-state index in [1.165, 1.54) is 5.56 Å². The van der Waals surface area contributed by atoms with Crippen LogP contribution in [0.2, 0.25) is 0 Å². The third-order valence-electron chi connectivity index (χ3n) is 5.84. The number of nitrogens with one attached hydrogen (secondary N) is 2. The predicted octanol–water partition coefficient (Wildman–Crippen LogP) is 2.73. The largest absolute Gasteiger partial charge is 0.379 e. The van der Waals surface area contributed by atoms with E-state index in [2.05, 4.69) is 46.4 Å². The van der Waals surface area contributed by atoms with E-state index in [4.69, 9.17) is 4.74 Å². The van der Waals surface area contributed by atoms with E-state index < -0.39 is 0 Å². The maximum atomic E-state index is 12.5. The normalized spacial score (nSPS) is 17.5. The molecule has 6 heteroatoms. The summed E-state index contributed by atoms with van der Waals surface area (Å²) in [4.78, 5) is 17.1. The first-order chi connectivity index (χ1) is 13.6. The molecule has 1 aliphatic rings. The van der Waals surface area contributed by atoms with Gasteiger partial charge in [-0.15, -0.1) is 0 Å². The smallest absolute Gasteiger partial charge is 0.314 e. The maximum Gasteiger partial charge on any atom is 0.314 e. The number of benzene rings is 1. The lowest BCUT2D eigenvalue weighted by atomic mass is 9.92. The van der Waals surface area contributed by atoms with Crippen LogP contribution < -0.4 is 10.6 Å². The Morgan fingerprint density at radius 2 is 1.68 bits per heavy atom. The molecule has 2 amide bonds. The van der Waals surface area contributed by atoms with Gasteiger partial charge >= 0.3 is 6.03 Å². The molecule has 2 atom stereocenters. The van der Waals surface area contributed by atoms with Crippen LogP contribution in [0.25, 0.3) is 0 Å². The Balaban J connectivity index is 1.89. The fourth-order valence-electron chi connectivity index (χ4n) is 4.06. The second-order valence-corrected chi connectivity index (χ2v) is 7.77. The predicted molar refractivity (Wildman–Crippen MR) is 115 cm³/mol. The van der Waals surface area contributed by atoms with E-state index in [0.29, 0.717) is 25.0 Å². The van der Waals surface area contributed by atoms with E-state index in [-0.39, 0.29) is 12.1 Å². The molecule has 0 aliphatic carbocycles. The van der Waals surface area contributed by atoms with Gasteiger partial charge in [0.25, 0.3) is 0 Å². The van der Waals surface area contributed by atoms with Gasteiger partial charge in [-0.1, -0.05) is 57.0 Å². The highest BCUT2D eigenvalue weighted by Crippen LogP contribution is 2.20. The lowest BCUT2D eigenvalue weighted by Crippen LogP contribution is -2.53. The molecule has 1 saturated heterocycles. The fourth-order valence-corrected chi connectivity index (χ4v) is 4.06. The zero-order valence-corrected chi connectivity index (χ0v) is 18.0. The number of likely N-dealkylation sites (N-methyl/N-ethyl adjacent to an activating group) is 1. The summed E-state index contributed by atoms with van der Waals surface area (Å²) in [7, 11) is 4.08. The van der Waals surface area contributed by atoms with E-state index in [1.54, 1.807) is 0 Å². The van der Waals surface area contributed by atoms with Crippen molar-refractivity contribution in [2.24, 2.45) is 5.92 Å². The lowest BCUT2D eigenvalue weighted by molar-refractivity contribution is 0.00237. The van der Waals surface area contributed by atoms with Gasteiger partial charge in [-0.3, -0.25) is 4.90 Å². The molecule has 1 fully saturated rings. The number of urea groups is 1. The van der Waals surface area contributed by atoms with Crippen LogP contribution in [-0.2, 0) is 4.74 Å². The number of nitrogens with zero attached hydrogens (tertiary/aromatic N) is 2. The Kier molecular flexibility index (Phi) is 9.75. The van der Waals surface area contributed by atoms with Gasteiger partial charge in [0.2, 0.25) is 0 Å². The number of ether oxygens (including phenoxy) is 1. The summed E-state index contributed by atoms with van der Waals surface area (Å²) in [5.74, 6) is 0.581. The summed E-state index contributed by atoms with van der Waals surface area (Å²) < 4.78 is 5.51. The van der Waals surface area contributed by atoms with E-state index in [1.807, 2.05) is 32.3 Å². The molecule has 158 valence electrons. The highest BCUT2D eigenvalue weighted by atomic mass is 16.5. The van der Waals surface area contributed by atoms with Crippen LogP contribution in [0, 0.1) is 5.92 Å². The molecule has 2 N–H and O–H groups in total. The molecule has 1 heterocycles. The Labute approximate surface area is 170 Å². The molecule has 0 aromatic heterocycles. The molecule has 28 heavy (non-hydrogen) atoms. The molecule has 1 aromatic rings. The summed E-state index contributed by atoms with van der Waals surface area (Å²) in [5, 5.41) is 6.18. The van der Waals surface area contributed by atoms with Gasteiger partial charge in [0.1, 0.15) is 0 Å². The highest BCUT2D eigenvalue weighted by molar-refractivity contribution is 5.73. The molecule has 0 bridgehead atoms. The second kappa shape index (κ2) is 12.0. The van der Waals surface area contributed by atoms with Gasteiger partial charge in [0.15, 0.2) is 0 Å². The Hall–Kier alpha value is -1.63. The van der Waals surface area contributed by atoms with Crippen molar-refractivity contribution in [3.8, 4) is 0 Å². The molecular formula is C22H38N4O2. The number of rotatable bonds is 10. The standard InChI is InChI=1S/C22H38N4O2/c1-5-18(6-2)21(26-12-14-28-15-13-26)17-24-22(27)23-16-20(25(3)4)19-10-8-7-9-11-19/h7-11,18,20-21H,5-6,12-17H2,1-4H3,(H2,23,24,27). The van der Waals surface area contributed by atoms with Crippen LogP contribution >= 0.6 is 0 Å². The van der Waals surface area contributed by atoms with Crippen molar-refractivity contribution in [3.05, 3.63) is 35.9 Å². The molecule has 1 aromatic carbocycles. The highest BCUT2D eigenvalue weighted by Gasteiger charge is 2.27. The van der Waals surface area contributed by atoms with Gasteiger partial charge < -0.3 is 20.3 Å². The molecular weight excluding hydrogens is 352 g/mol. The van der Waals surface area contributed by atoms with Gasteiger partial charge in [-0.25, -0.2) is 4.79 Å². The Bertz CT molecular complexity index is 557. The fraction of sp³-hybridized carbons (Fsp3) is 0.682. The summed E-state index contributed by atoms with van der Waals surface area (Å²) in [6.45, 7) is 9.19. The topological polar surface area (TPSA) is 56.8 Å². The van der Waals surface area contributed by atoms with E-state index >= 15 is 0 Å². The lowest BCUT2D eigenvalue weighted by Gasteiger charge is -2.38. The number of hydrogen-bond acceptors (Lipinski definition) is 4. The van der Waals surface area contributed by atoms with Crippen molar-refractivity contribution >= 4 is 6.03 Å². The molecule has 6 nitrogen and oxygen atoms in total. The van der Waals surface area contributed by atoms with Crippen LogP contribution in [-0.4, -0.2) is 75.4 Å². The minimum atomic E-state index is -0.0907. The molecule has 0 radical (unpaired) electrons. The molecule has 1 aliphatic heterocycles. The Morgan fingerprint density at radius 1 is 1.07 bits per heavy atom. The van der Waals surface area contributed by atoms with Crippen molar-refractivity contribution in [1.82, 2.24) is 20.4 Å². The first kappa shape index (κ1) is 22.7. The van der Waals surface area contributed by atoms with E-state index in [0.717, 1.165) is 39.1 Å². The third kappa shape index (κ3) is 6.76. The number of carbonyl (C=O) groups is 1. The summed E-state index contributed by atoms with van der Waals surface area (Å²) in [6, 6.07) is 10.7. The van der Waals surface area contributed by atoms with Crippen LogP contribution in [0.15, 0.2) is 30.3 Å². The van der Waals surface area contributed by atoms with E-state index in [9.17, 15) is 4.79 Å². The van der Waals surface area contributed by atoms with Gasteiger partial charge in [0, 0.05) is 32.2 Å². The second-order valence-electron chi connectivity index (χ2n) is 7.77. The minimum absolute atomic E-state index is 0.0907. The summed E-state index contributed by atoms with van der Waals surface area (Å²) in [6.07, 6.45) is 2.25. The molecule has 0 saturated carbocycles. The van der Waals surface area contributed by atoms with Crippen molar-refractivity contribution in [3.63, 3.8) is 0 Å². The number of hydrogen-bond donors (Lipinski definition) is 2. The maximum absolute atomic E-state index is 12.5. The first-order valence-electron chi connectivity index (χ1n) is 10.6. The van der Waals surface area contributed by atoms with Crippen molar-refractivity contribution in [1.29, 1.82) is 0 Å². The number of carbonyl (C=O) groups excluding carboxylic acids is 1.